The topological polar surface area (TPSA) is 17.8 Å². The number of alkyl halides is 1. The minimum Gasteiger partial charge on any atom is -0.239 e. The van der Waals surface area contributed by atoms with Crippen LogP contribution in [0.25, 0.3) is 5.69 Å². The van der Waals surface area contributed by atoms with E-state index in [2.05, 4.69) is 21.0 Å². The largest absolute Gasteiger partial charge is 0.239 e. The second kappa shape index (κ2) is 4.56. The molecular weight excluding hydrogens is 299 g/mol. The normalized spacial score (nSPS) is 10.6. The van der Waals surface area contributed by atoms with Gasteiger partial charge in [-0.25, -0.2) is 4.68 Å². The van der Waals surface area contributed by atoms with Gasteiger partial charge >= 0.3 is 0 Å². The number of benzene rings is 1. The Morgan fingerprint density at radius 3 is 2.80 bits per heavy atom. The molecule has 2 rings (SSSR count). The molecule has 0 fully saturated rings. The highest BCUT2D eigenvalue weighted by molar-refractivity contribution is 9.10. The van der Waals surface area contributed by atoms with Gasteiger partial charge in [-0.05, 0) is 34.1 Å². The first-order valence-corrected chi connectivity index (χ1v) is 5.98. The highest BCUT2D eigenvalue weighted by Gasteiger charge is 2.06. The van der Waals surface area contributed by atoms with Crippen molar-refractivity contribution in [1.82, 2.24) is 9.78 Å². The third-order valence-corrected chi connectivity index (χ3v) is 3.61. The maximum atomic E-state index is 5.99. The molecule has 15 heavy (non-hydrogen) atoms. The summed E-state index contributed by atoms with van der Waals surface area (Å²) in [7, 11) is 0. The Morgan fingerprint density at radius 1 is 1.33 bits per heavy atom. The molecule has 0 amide bonds. The second-order valence-electron chi connectivity index (χ2n) is 2.96. The molecule has 0 bridgehead atoms. The zero-order chi connectivity index (χ0) is 10.8. The quantitative estimate of drug-likeness (QED) is 0.766. The van der Waals surface area contributed by atoms with Crippen LogP contribution in [0.5, 0.6) is 0 Å². The summed E-state index contributed by atoms with van der Waals surface area (Å²) >= 11 is 15.1. The molecule has 0 aliphatic carbocycles. The van der Waals surface area contributed by atoms with Crippen LogP contribution in [-0.4, -0.2) is 9.78 Å². The van der Waals surface area contributed by atoms with E-state index in [0.717, 1.165) is 15.9 Å². The van der Waals surface area contributed by atoms with E-state index in [4.69, 9.17) is 23.2 Å². The number of hydrogen-bond donors (Lipinski definition) is 0. The zero-order valence-corrected chi connectivity index (χ0v) is 10.7. The van der Waals surface area contributed by atoms with E-state index >= 15 is 0 Å². The average molecular weight is 306 g/mol. The molecular formula is C10H7BrCl2N2. The molecule has 5 heteroatoms. The second-order valence-corrected chi connectivity index (χ2v) is 4.43. The van der Waals surface area contributed by atoms with Gasteiger partial charge in [0.15, 0.2) is 0 Å². The van der Waals surface area contributed by atoms with Crippen LogP contribution in [0.1, 0.15) is 5.69 Å². The van der Waals surface area contributed by atoms with Crippen molar-refractivity contribution in [3.05, 3.63) is 45.7 Å². The zero-order valence-electron chi connectivity index (χ0n) is 7.62. The molecule has 0 aliphatic rings. The Labute approximate surface area is 106 Å². The minimum absolute atomic E-state index is 0.408. The van der Waals surface area contributed by atoms with Gasteiger partial charge < -0.3 is 0 Å². The lowest BCUT2D eigenvalue weighted by Crippen LogP contribution is -1.96. The third kappa shape index (κ3) is 2.19. The van der Waals surface area contributed by atoms with Gasteiger partial charge in [0.2, 0.25) is 0 Å². The Hall–Kier alpha value is -0.510. The van der Waals surface area contributed by atoms with Crippen LogP contribution in [-0.2, 0) is 5.88 Å². The summed E-state index contributed by atoms with van der Waals surface area (Å²) in [6.07, 6.45) is 1.86. The van der Waals surface area contributed by atoms with Gasteiger partial charge in [0.25, 0.3) is 0 Å². The van der Waals surface area contributed by atoms with Gasteiger partial charge in [0, 0.05) is 6.20 Å². The Morgan fingerprint density at radius 2 is 2.13 bits per heavy atom. The predicted octanol–water partition coefficient (Wildman–Crippen LogP) is 4.03. The van der Waals surface area contributed by atoms with E-state index in [1.807, 2.05) is 30.5 Å². The van der Waals surface area contributed by atoms with Crippen LogP contribution >= 0.6 is 39.1 Å². The van der Waals surface area contributed by atoms with Crippen LogP contribution < -0.4 is 0 Å². The maximum absolute atomic E-state index is 5.99. The Bertz CT molecular complexity index is 482. The Balaban J connectivity index is 2.49. The van der Waals surface area contributed by atoms with Gasteiger partial charge in [-0.1, -0.05) is 17.7 Å². The van der Waals surface area contributed by atoms with Crippen LogP contribution in [0.3, 0.4) is 0 Å². The molecule has 1 aromatic carbocycles. The fraction of sp³-hybridized carbons (Fsp3) is 0.100. The van der Waals surface area contributed by atoms with Gasteiger partial charge in [-0.15, -0.1) is 11.6 Å². The van der Waals surface area contributed by atoms with Crippen molar-refractivity contribution < 1.29 is 0 Å². The van der Waals surface area contributed by atoms with E-state index in [0.29, 0.717) is 10.9 Å². The van der Waals surface area contributed by atoms with Crippen molar-refractivity contribution in [3.63, 3.8) is 0 Å². The van der Waals surface area contributed by atoms with Crippen molar-refractivity contribution in [2.24, 2.45) is 0 Å². The van der Waals surface area contributed by atoms with Crippen molar-refractivity contribution in [3.8, 4) is 5.69 Å². The van der Waals surface area contributed by atoms with Crippen LogP contribution in [0.4, 0.5) is 0 Å². The molecule has 2 aromatic rings. The fourth-order valence-electron chi connectivity index (χ4n) is 1.24. The number of hydrogen-bond acceptors (Lipinski definition) is 1. The highest BCUT2D eigenvalue weighted by atomic mass is 79.9. The smallest absolute Gasteiger partial charge is 0.0802 e. The highest BCUT2D eigenvalue weighted by Crippen LogP contribution is 2.28. The van der Waals surface area contributed by atoms with Gasteiger partial charge in [0.1, 0.15) is 0 Å². The summed E-state index contributed by atoms with van der Waals surface area (Å²) < 4.78 is 2.57. The lowest BCUT2D eigenvalue weighted by atomic mass is 10.3. The SMILES string of the molecule is ClCc1ccn(-c2cccc(Cl)c2Br)n1. The van der Waals surface area contributed by atoms with Crippen molar-refractivity contribution >= 4 is 39.1 Å². The summed E-state index contributed by atoms with van der Waals surface area (Å²) in [5.74, 6) is 0.408. The summed E-state index contributed by atoms with van der Waals surface area (Å²) in [5, 5.41) is 4.96. The predicted molar refractivity (Wildman–Crippen MR) is 65.8 cm³/mol. The fourth-order valence-corrected chi connectivity index (χ4v) is 1.99. The molecule has 0 atom stereocenters. The molecule has 0 unspecified atom stereocenters. The molecule has 2 nitrogen and oxygen atoms in total. The number of nitrogens with zero attached hydrogens (tertiary/aromatic N) is 2. The first-order chi connectivity index (χ1) is 7.22. The van der Waals surface area contributed by atoms with Crippen LogP contribution in [0, 0.1) is 0 Å². The average Bonchev–Trinajstić information content (AvgIpc) is 2.70. The van der Waals surface area contributed by atoms with E-state index < -0.39 is 0 Å². The standard InChI is InChI=1S/C10H7BrCl2N2/c11-10-8(13)2-1-3-9(10)15-5-4-7(6-12)14-15/h1-5H,6H2. The first-order valence-electron chi connectivity index (χ1n) is 4.27. The number of halogens is 3. The summed E-state index contributed by atoms with van der Waals surface area (Å²) in [5.41, 5.74) is 1.74. The summed E-state index contributed by atoms with van der Waals surface area (Å²) in [4.78, 5) is 0. The molecule has 1 aromatic heterocycles. The van der Waals surface area contributed by atoms with Gasteiger partial charge in [-0.2, -0.15) is 5.10 Å². The summed E-state index contributed by atoms with van der Waals surface area (Å²) in [6.45, 7) is 0. The van der Waals surface area contributed by atoms with Crippen molar-refractivity contribution in [1.29, 1.82) is 0 Å². The molecule has 0 saturated carbocycles. The van der Waals surface area contributed by atoms with E-state index in [9.17, 15) is 0 Å². The van der Waals surface area contributed by atoms with Gasteiger partial charge in [0.05, 0.1) is 26.8 Å². The minimum atomic E-state index is 0.408. The van der Waals surface area contributed by atoms with Crippen LogP contribution in [0.2, 0.25) is 5.02 Å². The maximum Gasteiger partial charge on any atom is 0.0802 e. The van der Waals surface area contributed by atoms with Crippen molar-refractivity contribution in [2.45, 2.75) is 5.88 Å². The molecule has 1 heterocycles. The van der Waals surface area contributed by atoms with Crippen molar-refractivity contribution in [2.75, 3.05) is 0 Å². The molecule has 78 valence electrons. The summed E-state index contributed by atoms with van der Waals surface area (Å²) in [6, 6.07) is 7.51. The third-order valence-electron chi connectivity index (χ3n) is 1.96. The van der Waals surface area contributed by atoms with Crippen LogP contribution in [0.15, 0.2) is 34.9 Å². The molecule has 0 radical (unpaired) electrons. The molecule has 0 spiro atoms. The van der Waals surface area contributed by atoms with E-state index in [1.54, 1.807) is 4.68 Å². The lowest BCUT2D eigenvalue weighted by molar-refractivity contribution is 0.855. The monoisotopic (exact) mass is 304 g/mol. The van der Waals surface area contributed by atoms with E-state index in [-0.39, 0.29) is 0 Å². The molecule has 0 saturated heterocycles. The van der Waals surface area contributed by atoms with E-state index in [1.165, 1.54) is 0 Å². The number of rotatable bonds is 2. The number of aromatic nitrogens is 2. The first kappa shape index (κ1) is 11.0. The van der Waals surface area contributed by atoms with Gasteiger partial charge in [-0.3, -0.25) is 0 Å². The molecule has 0 aliphatic heterocycles. The Kier molecular flexibility index (Phi) is 3.34. The molecule has 0 N–H and O–H groups in total. The lowest BCUT2D eigenvalue weighted by Gasteiger charge is -2.05.